The lowest BCUT2D eigenvalue weighted by Crippen LogP contribution is -2.32. The molecule has 3 heteroatoms. The van der Waals surface area contributed by atoms with Crippen LogP contribution >= 0.6 is 0 Å². The first-order chi connectivity index (χ1) is 7.13. The summed E-state index contributed by atoms with van der Waals surface area (Å²) in [5.41, 5.74) is 0. The van der Waals surface area contributed by atoms with Gasteiger partial charge < -0.3 is 10.2 Å². The molecule has 0 aromatic rings. The smallest absolute Gasteiger partial charge is 0.219 e. The van der Waals surface area contributed by atoms with Gasteiger partial charge in [-0.1, -0.05) is 6.92 Å². The third kappa shape index (κ3) is 4.20. The highest BCUT2D eigenvalue weighted by Crippen LogP contribution is 2.17. The van der Waals surface area contributed by atoms with Crippen molar-refractivity contribution < 1.29 is 4.79 Å². The molecule has 1 atom stereocenters. The summed E-state index contributed by atoms with van der Waals surface area (Å²) in [4.78, 5) is 13.8. The van der Waals surface area contributed by atoms with E-state index in [4.69, 9.17) is 0 Å². The summed E-state index contributed by atoms with van der Waals surface area (Å²) in [6.07, 6.45) is 2.83. The summed E-state index contributed by atoms with van der Waals surface area (Å²) in [6.45, 7) is 9.70. The van der Waals surface area contributed by atoms with Crippen LogP contribution in [0.4, 0.5) is 0 Å². The van der Waals surface area contributed by atoms with Gasteiger partial charge in [-0.2, -0.15) is 0 Å². The number of carbonyl (C=O) groups excluding carboxylic acids is 1. The number of hydrogen-bond donors (Lipinski definition) is 1. The molecule has 1 N–H and O–H groups in total. The van der Waals surface area contributed by atoms with Crippen LogP contribution in [-0.2, 0) is 4.79 Å². The molecule has 15 heavy (non-hydrogen) atoms. The molecule has 0 radical (unpaired) electrons. The molecule has 0 aromatic carbocycles. The Morgan fingerprint density at radius 1 is 1.53 bits per heavy atom. The zero-order chi connectivity index (χ0) is 11.3. The van der Waals surface area contributed by atoms with E-state index in [0.717, 1.165) is 19.5 Å². The maximum Gasteiger partial charge on any atom is 0.219 e. The van der Waals surface area contributed by atoms with Crippen LogP contribution in [0.3, 0.4) is 0 Å². The van der Waals surface area contributed by atoms with Crippen LogP contribution in [0.15, 0.2) is 0 Å². The van der Waals surface area contributed by atoms with Crippen LogP contribution < -0.4 is 5.32 Å². The van der Waals surface area contributed by atoms with E-state index < -0.39 is 0 Å². The van der Waals surface area contributed by atoms with Gasteiger partial charge >= 0.3 is 0 Å². The summed E-state index contributed by atoms with van der Waals surface area (Å²) >= 11 is 0. The number of nitrogens with one attached hydrogen (secondary N) is 1. The van der Waals surface area contributed by atoms with Crippen molar-refractivity contribution in [3.8, 4) is 0 Å². The minimum Gasteiger partial charge on any atom is -0.356 e. The Kier molecular flexibility index (Phi) is 5.09. The van der Waals surface area contributed by atoms with Gasteiger partial charge in [-0.05, 0) is 39.2 Å². The quantitative estimate of drug-likeness (QED) is 0.751. The highest BCUT2D eigenvalue weighted by molar-refractivity contribution is 5.75. The highest BCUT2D eigenvalue weighted by atomic mass is 16.1. The summed E-state index contributed by atoms with van der Waals surface area (Å²) < 4.78 is 0. The summed E-state index contributed by atoms with van der Waals surface area (Å²) in [7, 11) is 0. The van der Waals surface area contributed by atoms with E-state index in [-0.39, 0.29) is 5.91 Å². The Hall–Kier alpha value is -0.570. The fourth-order valence-electron chi connectivity index (χ4n) is 2.07. The monoisotopic (exact) mass is 212 g/mol. The second-order valence-electron chi connectivity index (χ2n) is 4.80. The van der Waals surface area contributed by atoms with Crippen molar-refractivity contribution in [1.29, 1.82) is 0 Å². The van der Waals surface area contributed by atoms with Gasteiger partial charge in [0.05, 0.1) is 0 Å². The van der Waals surface area contributed by atoms with Crippen molar-refractivity contribution in [3.63, 3.8) is 0 Å². The molecule has 0 saturated carbocycles. The average Bonchev–Trinajstić information content (AvgIpc) is 2.63. The minimum atomic E-state index is 0.209. The molecule has 3 nitrogen and oxygen atoms in total. The lowest BCUT2D eigenvalue weighted by Gasteiger charge is -2.20. The molecule has 1 aliphatic rings. The molecule has 1 saturated heterocycles. The largest absolute Gasteiger partial charge is 0.356 e. The third-order valence-electron chi connectivity index (χ3n) is 3.11. The van der Waals surface area contributed by atoms with Crippen molar-refractivity contribution >= 4 is 5.91 Å². The summed E-state index contributed by atoms with van der Waals surface area (Å²) in [5, 5.41) is 3.02. The molecule has 0 bridgehead atoms. The molecular formula is C12H24N2O. The van der Waals surface area contributed by atoms with Crippen LogP contribution in [0, 0.1) is 5.92 Å². The molecule has 1 rings (SSSR count). The number of hydrogen-bond acceptors (Lipinski definition) is 2. The van der Waals surface area contributed by atoms with Gasteiger partial charge in [-0.3, -0.25) is 4.79 Å². The SMILES string of the molecule is CCCC(=O)NCC1CCN(C(C)C)C1. The lowest BCUT2D eigenvalue weighted by molar-refractivity contribution is -0.121. The third-order valence-corrected chi connectivity index (χ3v) is 3.11. The first kappa shape index (κ1) is 12.5. The number of carbonyl (C=O) groups is 1. The number of nitrogens with zero attached hydrogens (tertiary/aromatic N) is 1. The Bertz CT molecular complexity index is 204. The second-order valence-corrected chi connectivity index (χ2v) is 4.80. The standard InChI is InChI=1S/C12H24N2O/c1-4-5-12(15)13-8-11-6-7-14(9-11)10(2)3/h10-11H,4-9H2,1-3H3,(H,13,15). The molecule has 1 amide bonds. The van der Waals surface area contributed by atoms with Gasteiger partial charge in [0.2, 0.25) is 5.91 Å². The Morgan fingerprint density at radius 3 is 2.80 bits per heavy atom. The maximum atomic E-state index is 11.3. The molecule has 1 heterocycles. The first-order valence-corrected chi connectivity index (χ1v) is 6.14. The topological polar surface area (TPSA) is 32.3 Å². The van der Waals surface area contributed by atoms with Crippen LogP contribution in [0.2, 0.25) is 0 Å². The molecule has 0 aromatic heterocycles. The zero-order valence-electron chi connectivity index (χ0n) is 10.3. The van der Waals surface area contributed by atoms with Gasteiger partial charge in [0.25, 0.3) is 0 Å². The second kappa shape index (κ2) is 6.11. The molecule has 1 fully saturated rings. The van der Waals surface area contributed by atoms with E-state index in [2.05, 4.69) is 24.1 Å². The average molecular weight is 212 g/mol. The van der Waals surface area contributed by atoms with E-state index >= 15 is 0 Å². The maximum absolute atomic E-state index is 11.3. The first-order valence-electron chi connectivity index (χ1n) is 6.14. The van der Waals surface area contributed by atoms with Gasteiger partial charge in [-0.15, -0.1) is 0 Å². The van der Waals surface area contributed by atoms with Crippen LogP contribution in [-0.4, -0.2) is 36.5 Å². The molecular weight excluding hydrogens is 188 g/mol. The fraction of sp³-hybridized carbons (Fsp3) is 0.917. The van der Waals surface area contributed by atoms with Gasteiger partial charge in [-0.25, -0.2) is 0 Å². The van der Waals surface area contributed by atoms with Crippen molar-refractivity contribution in [2.45, 2.75) is 46.1 Å². The Labute approximate surface area is 93.2 Å². The molecule has 1 aliphatic heterocycles. The van der Waals surface area contributed by atoms with Crippen LogP contribution in [0.25, 0.3) is 0 Å². The van der Waals surface area contributed by atoms with Gasteiger partial charge in [0, 0.05) is 25.6 Å². The van der Waals surface area contributed by atoms with Crippen LogP contribution in [0.1, 0.15) is 40.0 Å². The van der Waals surface area contributed by atoms with E-state index in [1.165, 1.54) is 13.0 Å². The van der Waals surface area contributed by atoms with Crippen LogP contribution in [0.5, 0.6) is 0 Å². The van der Waals surface area contributed by atoms with E-state index in [9.17, 15) is 4.79 Å². The number of likely N-dealkylation sites (tertiary alicyclic amines) is 1. The van der Waals surface area contributed by atoms with Crippen molar-refractivity contribution in [2.75, 3.05) is 19.6 Å². The van der Waals surface area contributed by atoms with Crippen molar-refractivity contribution in [3.05, 3.63) is 0 Å². The number of amides is 1. The molecule has 1 unspecified atom stereocenters. The normalized spacial score (nSPS) is 22.3. The summed E-state index contributed by atoms with van der Waals surface area (Å²) in [6, 6.07) is 0.640. The molecule has 0 aliphatic carbocycles. The van der Waals surface area contributed by atoms with E-state index in [0.29, 0.717) is 18.4 Å². The predicted octanol–water partition coefficient (Wildman–Crippen LogP) is 1.63. The van der Waals surface area contributed by atoms with E-state index in [1.807, 2.05) is 6.92 Å². The Morgan fingerprint density at radius 2 is 2.27 bits per heavy atom. The van der Waals surface area contributed by atoms with Gasteiger partial charge in [0.1, 0.15) is 0 Å². The molecule has 88 valence electrons. The highest BCUT2D eigenvalue weighted by Gasteiger charge is 2.23. The van der Waals surface area contributed by atoms with Gasteiger partial charge in [0.15, 0.2) is 0 Å². The zero-order valence-corrected chi connectivity index (χ0v) is 10.3. The number of rotatable bonds is 5. The fourth-order valence-corrected chi connectivity index (χ4v) is 2.07. The molecule has 0 spiro atoms. The summed E-state index contributed by atoms with van der Waals surface area (Å²) in [5.74, 6) is 0.869. The van der Waals surface area contributed by atoms with E-state index in [1.54, 1.807) is 0 Å². The predicted molar refractivity (Wildman–Crippen MR) is 62.7 cm³/mol. The minimum absolute atomic E-state index is 0.209. The van der Waals surface area contributed by atoms with Crippen molar-refractivity contribution in [2.24, 2.45) is 5.92 Å². The van der Waals surface area contributed by atoms with Crippen molar-refractivity contribution in [1.82, 2.24) is 10.2 Å². The Balaban J connectivity index is 2.16. The lowest BCUT2D eigenvalue weighted by atomic mass is 10.1.